The van der Waals surface area contributed by atoms with Gasteiger partial charge >= 0.3 is 0 Å². The second-order valence-corrected chi connectivity index (χ2v) is 12.3. The van der Waals surface area contributed by atoms with Gasteiger partial charge in [0.25, 0.3) is 0 Å². The number of benzene rings is 1. The zero-order valence-corrected chi connectivity index (χ0v) is 23.1. The van der Waals surface area contributed by atoms with Gasteiger partial charge in [-0.1, -0.05) is 31.4 Å². The molecule has 2 aromatic rings. The van der Waals surface area contributed by atoms with Gasteiger partial charge in [-0.15, -0.1) is 0 Å². The second kappa shape index (κ2) is 12.5. The molecule has 1 aliphatic carbocycles. The molecule has 2 aliphatic rings. The van der Waals surface area contributed by atoms with Crippen molar-refractivity contribution in [3.05, 3.63) is 36.0 Å². The fraction of sp³-hybridized carbons (Fsp3) is 0.630. The number of piperidine rings is 1. The number of aromatic nitrogens is 2. The minimum Gasteiger partial charge on any atom is -0.491 e. The average molecular weight is 532 g/mol. The van der Waals surface area contributed by atoms with Crippen LogP contribution in [0.1, 0.15) is 56.6 Å². The number of likely N-dealkylation sites (N-methyl/N-ethyl adjacent to an activating group) is 1. The van der Waals surface area contributed by atoms with E-state index < -0.39 is 16.1 Å². The molecule has 0 bridgehead atoms. The SMILES string of the molecule is CNCC(O)COc1cccc(-c2nc(C3CCN(S(C)(=O)=O)CC3)cc(N(C)C3CCCCC3)n2)c1. The summed E-state index contributed by atoms with van der Waals surface area (Å²) in [6.07, 6.45) is 8.25. The molecule has 9 nitrogen and oxygen atoms in total. The van der Waals surface area contributed by atoms with Gasteiger partial charge in [0.1, 0.15) is 24.3 Å². The number of rotatable bonds is 10. The molecule has 2 heterocycles. The summed E-state index contributed by atoms with van der Waals surface area (Å²) in [6, 6.07) is 10.2. The molecule has 2 N–H and O–H groups in total. The molecule has 0 radical (unpaired) electrons. The molecule has 10 heteroatoms. The number of hydrogen-bond donors (Lipinski definition) is 2. The van der Waals surface area contributed by atoms with Gasteiger partial charge in [-0.25, -0.2) is 22.7 Å². The molecule has 1 saturated carbocycles. The summed E-state index contributed by atoms with van der Waals surface area (Å²) >= 11 is 0. The molecule has 1 aromatic heterocycles. The van der Waals surface area contributed by atoms with Crippen LogP contribution in [0.4, 0.5) is 5.82 Å². The van der Waals surface area contributed by atoms with Gasteiger partial charge in [0.2, 0.25) is 10.0 Å². The van der Waals surface area contributed by atoms with Gasteiger partial charge in [-0.05, 0) is 44.9 Å². The molecule has 1 saturated heterocycles. The van der Waals surface area contributed by atoms with E-state index in [0.29, 0.717) is 37.3 Å². The van der Waals surface area contributed by atoms with Crippen molar-refractivity contribution in [1.82, 2.24) is 19.6 Å². The average Bonchev–Trinajstić information content (AvgIpc) is 2.91. The van der Waals surface area contributed by atoms with E-state index in [2.05, 4.69) is 23.3 Å². The van der Waals surface area contributed by atoms with Crippen LogP contribution in [0.2, 0.25) is 0 Å². The summed E-state index contributed by atoms with van der Waals surface area (Å²) in [4.78, 5) is 12.3. The summed E-state index contributed by atoms with van der Waals surface area (Å²) in [6.45, 7) is 1.67. The summed E-state index contributed by atoms with van der Waals surface area (Å²) in [7, 11) is 0.736. The lowest BCUT2D eigenvalue weighted by Crippen LogP contribution is -2.37. The molecule has 37 heavy (non-hydrogen) atoms. The van der Waals surface area contributed by atoms with E-state index in [1.54, 1.807) is 11.4 Å². The number of aliphatic hydroxyl groups is 1. The first kappa shape index (κ1) is 27.8. The Kier molecular flexibility index (Phi) is 9.39. The number of ether oxygens (including phenoxy) is 1. The first-order valence-corrected chi connectivity index (χ1v) is 15.2. The molecule has 4 rings (SSSR count). The first-order valence-electron chi connectivity index (χ1n) is 13.4. The minimum absolute atomic E-state index is 0.175. The third-order valence-electron chi connectivity index (χ3n) is 7.53. The van der Waals surface area contributed by atoms with Crippen LogP contribution in [0.3, 0.4) is 0 Å². The zero-order chi connectivity index (χ0) is 26.4. The van der Waals surface area contributed by atoms with Crippen LogP contribution in [0.15, 0.2) is 30.3 Å². The smallest absolute Gasteiger partial charge is 0.211 e. The van der Waals surface area contributed by atoms with Crippen molar-refractivity contribution in [1.29, 1.82) is 0 Å². The highest BCUT2D eigenvalue weighted by atomic mass is 32.2. The number of nitrogens with one attached hydrogen (secondary N) is 1. The molecule has 0 amide bonds. The largest absolute Gasteiger partial charge is 0.491 e. The maximum absolute atomic E-state index is 12.0. The van der Waals surface area contributed by atoms with Crippen LogP contribution in [0.5, 0.6) is 5.75 Å². The maximum Gasteiger partial charge on any atom is 0.211 e. The Morgan fingerprint density at radius 3 is 2.54 bits per heavy atom. The molecular formula is C27H41N5O4S. The predicted octanol–water partition coefficient (Wildman–Crippen LogP) is 3.01. The molecule has 1 atom stereocenters. The number of nitrogens with zero attached hydrogens (tertiary/aromatic N) is 4. The zero-order valence-electron chi connectivity index (χ0n) is 22.3. The molecule has 2 fully saturated rings. The number of aliphatic hydroxyl groups excluding tert-OH is 1. The van der Waals surface area contributed by atoms with Crippen molar-refractivity contribution in [2.24, 2.45) is 0 Å². The molecule has 204 valence electrons. The van der Waals surface area contributed by atoms with Crippen molar-refractivity contribution in [3.63, 3.8) is 0 Å². The maximum atomic E-state index is 12.0. The topological polar surface area (TPSA) is 108 Å². The summed E-state index contributed by atoms with van der Waals surface area (Å²) < 4.78 is 31.4. The monoisotopic (exact) mass is 531 g/mol. The molecular weight excluding hydrogens is 490 g/mol. The van der Waals surface area contributed by atoms with Crippen molar-refractivity contribution in [2.75, 3.05) is 51.5 Å². The van der Waals surface area contributed by atoms with Crippen LogP contribution in [-0.4, -0.2) is 86.5 Å². The highest BCUT2D eigenvalue weighted by Crippen LogP contribution is 2.33. The third-order valence-corrected chi connectivity index (χ3v) is 8.83. The Hall–Kier alpha value is -2.27. The predicted molar refractivity (Wildman–Crippen MR) is 147 cm³/mol. The second-order valence-electron chi connectivity index (χ2n) is 10.4. The van der Waals surface area contributed by atoms with E-state index in [4.69, 9.17) is 14.7 Å². The van der Waals surface area contributed by atoms with E-state index in [1.807, 2.05) is 24.3 Å². The van der Waals surface area contributed by atoms with Gasteiger partial charge < -0.3 is 20.1 Å². The Balaban J connectivity index is 1.62. The van der Waals surface area contributed by atoms with E-state index >= 15 is 0 Å². The fourth-order valence-corrected chi connectivity index (χ4v) is 6.20. The lowest BCUT2D eigenvalue weighted by atomic mass is 9.93. The van der Waals surface area contributed by atoms with Crippen LogP contribution in [0, 0.1) is 0 Å². The standard InChI is InChI=1S/C27H41N5O4S/c1-28-18-23(33)19-36-24-11-7-8-21(16-24)27-29-25(20-12-14-32(15-13-20)37(3,34)35)17-26(30-27)31(2)22-9-5-4-6-10-22/h7-8,11,16-17,20,22-23,28,33H,4-6,9-10,12-15,18-19H2,1-3H3. The highest BCUT2D eigenvalue weighted by molar-refractivity contribution is 7.88. The van der Waals surface area contributed by atoms with Gasteiger partial charge in [-0.2, -0.15) is 0 Å². The summed E-state index contributed by atoms with van der Waals surface area (Å²) in [5.74, 6) is 2.38. The Morgan fingerprint density at radius 2 is 1.86 bits per heavy atom. The number of anilines is 1. The lowest BCUT2D eigenvalue weighted by Gasteiger charge is -2.33. The first-order chi connectivity index (χ1) is 17.7. The Morgan fingerprint density at radius 1 is 1.14 bits per heavy atom. The third kappa shape index (κ3) is 7.40. The van der Waals surface area contributed by atoms with Crippen LogP contribution >= 0.6 is 0 Å². The Bertz CT molecular complexity index is 1130. The van der Waals surface area contributed by atoms with E-state index in [9.17, 15) is 13.5 Å². The highest BCUT2D eigenvalue weighted by Gasteiger charge is 2.28. The van der Waals surface area contributed by atoms with Gasteiger partial charge in [0, 0.05) is 56.0 Å². The summed E-state index contributed by atoms with van der Waals surface area (Å²) in [5, 5.41) is 13.0. The molecule has 1 aliphatic heterocycles. The number of hydrogen-bond acceptors (Lipinski definition) is 8. The molecule has 0 spiro atoms. The summed E-state index contributed by atoms with van der Waals surface area (Å²) in [5.41, 5.74) is 1.82. The minimum atomic E-state index is -3.18. The number of sulfonamides is 1. The van der Waals surface area contributed by atoms with E-state index in [0.717, 1.165) is 42.8 Å². The molecule has 1 unspecified atom stereocenters. The normalized spacial score (nSPS) is 19.0. The van der Waals surface area contributed by atoms with Crippen molar-refractivity contribution in [2.45, 2.75) is 63.0 Å². The lowest BCUT2D eigenvalue weighted by molar-refractivity contribution is 0.108. The van der Waals surface area contributed by atoms with Crippen molar-refractivity contribution < 1.29 is 18.3 Å². The molecule has 1 aromatic carbocycles. The Labute approximate surface area is 221 Å². The van der Waals surface area contributed by atoms with E-state index in [1.165, 1.54) is 25.5 Å². The van der Waals surface area contributed by atoms with Gasteiger partial charge in [0.15, 0.2) is 5.82 Å². The van der Waals surface area contributed by atoms with Gasteiger partial charge in [-0.3, -0.25) is 0 Å². The quantitative estimate of drug-likeness (QED) is 0.482. The van der Waals surface area contributed by atoms with Crippen molar-refractivity contribution in [3.8, 4) is 17.1 Å². The van der Waals surface area contributed by atoms with E-state index in [-0.39, 0.29) is 12.5 Å². The van der Waals surface area contributed by atoms with Crippen LogP contribution < -0.4 is 15.0 Å². The van der Waals surface area contributed by atoms with Gasteiger partial charge in [0.05, 0.1) is 6.26 Å². The van der Waals surface area contributed by atoms with Crippen molar-refractivity contribution >= 4 is 15.8 Å². The van der Waals surface area contributed by atoms with Crippen LogP contribution in [-0.2, 0) is 10.0 Å². The van der Waals surface area contributed by atoms with Crippen LogP contribution in [0.25, 0.3) is 11.4 Å². The fourth-order valence-electron chi connectivity index (χ4n) is 5.32.